The molecule has 0 spiro atoms. The molecule has 1 N–H and O–H groups in total. The van der Waals surface area contributed by atoms with Crippen LogP contribution in [0.15, 0.2) is 72.8 Å². The molecule has 2 amide bonds. The number of benzene rings is 3. The first-order valence-corrected chi connectivity index (χ1v) is 15.9. The number of halogens is 2. The van der Waals surface area contributed by atoms with Crippen LogP contribution >= 0.6 is 0 Å². The molecule has 0 aliphatic carbocycles. The number of sulfonamides is 1. The number of nitrogens with one attached hydrogen (secondary N) is 1. The van der Waals surface area contributed by atoms with Gasteiger partial charge in [-0.05, 0) is 49.9 Å². The summed E-state index contributed by atoms with van der Waals surface area (Å²) in [6.07, 6.45) is 2.02. The molecular formula is C32H39F2N3O4S. The van der Waals surface area contributed by atoms with Crippen molar-refractivity contribution in [2.45, 2.75) is 65.1 Å². The molecule has 3 aromatic carbocycles. The van der Waals surface area contributed by atoms with E-state index in [0.717, 1.165) is 45.8 Å². The third-order valence-corrected chi connectivity index (χ3v) is 8.28. The number of nitrogens with zero attached hydrogens (tertiary/aromatic N) is 2. The van der Waals surface area contributed by atoms with E-state index in [2.05, 4.69) is 5.32 Å². The highest BCUT2D eigenvalue weighted by Crippen LogP contribution is 2.22. The number of carbonyl (C=O) groups excluding carboxylic acids is 2. The van der Waals surface area contributed by atoms with Gasteiger partial charge in [0.05, 0.1) is 11.9 Å². The molecule has 2 atom stereocenters. The zero-order valence-electron chi connectivity index (χ0n) is 24.5. The van der Waals surface area contributed by atoms with Crippen molar-refractivity contribution in [2.24, 2.45) is 0 Å². The van der Waals surface area contributed by atoms with Gasteiger partial charge in [-0.25, -0.2) is 17.2 Å². The highest BCUT2D eigenvalue weighted by Gasteiger charge is 2.31. The van der Waals surface area contributed by atoms with E-state index in [-0.39, 0.29) is 49.5 Å². The largest absolute Gasteiger partial charge is 0.352 e. The van der Waals surface area contributed by atoms with Gasteiger partial charge in [-0.1, -0.05) is 67.1 Å². The number of hydrogen-bond acceptors (Lipinski definition) is 4. The van der Waals surface area contributed by atoms with Crippen LogP contribution in [-0.4, -0.2) is 50.0 Å². The summed E-state index contributed by atoms with van der Waals surface area (Å²) in [6.45, 7) is 5.89. The standard InChI is InChI=1S/C32H39F2N3O4S/c1-5-24(3)35-32(39)30(20-25-10-7-6-8-11-25)36(22-26-15-13-23(2)14-16-26)31(38)12-9-19-37(42(4,40)41)27-17-18-28(33)29(34)21-27/h6-8,10-11,13-18,21,24,30H,5,9,12,19-20,22H2,1-4H3,(H,35,39)/t24-,30+/m0/s1. The molecule has 0 aromatic heterocycles. The third kappa shape index (κ3) is 9.37. The van der Waals surface area contributed by atoms with Crippen LogP contribution in [0.4, 0.5) is 14.5 Å². The normalized spacial score (nSPS) is 12.8. The fraction of sp³-hybridized carbons (Fsp3) is 0.375. The second kappa shape index (κ2) is 14.9. The molecule has 0 aliphatic rings. The van der Waals surface area contributed by atoms with Gasteiger partial charge in [-0.2, -0.15) is 0 Å². The summed E-state index contributed by atoms with van der Waals surface area (Å²) in [5, 5.41) is 3.02. The lowest BCUT2D eigenvalue weighted by Gasteiger charge is -2.32. The van der Waals surface area contributed by atoms with Gasteiger partial charge in [-0.3, -0.25) is 13.9 Å². The van der Waals surface area contributed by atoms with Gasteiger partial charge in [0.2, 0.25) is 21.8 Å². The average molecular weight is 600 g/mol. The van der Waals surface area contributed by atoms with Crippen molar-refractivity contribution in [3.05, 3.63) is 101 Å². The van der Waals surface area contributed by atoms with Crippen molar-refractivity contribution in [2.75, 3.05) is 17.1 Å². The minimum atomic E-state index is -3.85. The Labute approximate surface area is 247 Å². The van der Waals surface area contributed by atoms with E-state index < -0.39 is 27.7 Å². The molecule has 0 saturated carbocycles. The van der Waals surface area contributed by atoms with Gasteiger partial charge in [0.1, 0.15) is 6.04 Å². The first-order chi connectivity index (χ1) is 19.9. The van der Waals surface area contributed by atoms with E-state index in [4.69, 9.17) is 0 Å². The molecule has 226 valence electrons. The fourth-order valence-corrected chi connectivity index (χ4v) is 5.49. The van der Waals surface area contributed by atoms with Gasteiger partial charge in [-0.15, -0.1) is 0 Å². The Hall–Kier alpha value is -3.79. The summed E-state index contributed by atoms with van der Waals surface area (Å²) in [5.74, 6) is -2.85. The van der Waals surface area contributed by atoms with Crippen LogP contribution in [-0.2, 0) is 32.6 Å². The zero-order valence-corrected chi connectivity index (χ0v) is 25.3. The first kappa shape index (κ1) is 32.7. The summed E-state index contributed by atoms with van der Waals surface area (Å²) < 4.78 is 53.3. The van der Waals surface area contributed by atoms with Crippen molar-refractivity contribution in [3.8, 4) is 0 Å². The van der Waals surface area contributed by atoms with Crippen molar-refractivity contribution in [1.82, 2.24) is 10.2 Å². The van der Waals surface area contributed by atoms with Crippen LogP contribution in [0.25, 0.3) is 0 Å². The molecule has 0 radical (unpaired) electrons. The minimum absolute atomic E-state index is 0.0322. The quantitative estimate of drug-likeness (QED) is 0.270. The van der Waals surface area contributed by atoms with Crippen LogP contribution in [0.1, 0.15) is 49.8 Å². The highest BCUT2D eigenvalue weighted by molar-refractivity contribution is 7.92. The summed E-state index contributed by atoms with van der Waals surface area (Å²) in [7, 11) is -3.85. The van der Waals surface area contributed by atoms with Crippen molar-refractivity contribution >= 4 is 27.5 Å². The maximum absolute atomic E-state index is 13.9. The van der Waals surface area contributed by atoms with Gasteiger partial charge >= 0.3 is 0 Å². The molecule has 0 saturated heterocycles. The van der Waals surface area contributed by atoms with Crippen molar-refractivity contribution in [1.29, 1.82) is 0 Å². The molecule has 10 heteroatoms. The predicted octanol–water partition coefficient (Wildman–Crippen LogP) is 5.37. The molecule has 3 rings (SSSR count). The average Bonchev–Trinajstić information content (AvgIpc) is 2.95. The van der Waals surface area contributed by atoms with Gasteiger partial charge in [0, 0.05) is 38.0 Å². The lowest BCUT2D eigenvalue weighted by molar-refractivity contribution is -0.141. The van der Waals surface area contributed by atoms with E-state index >= 15 is 0 Å². The van der Waals surface area contributed by atoms with Crippen LogP contribution in [0.2, 0.25) is 0 Å². The molecule has 0 heterocycles. The Balaban J connectivity index is 1.89. The predicted molar refractivity (Wildman–Crippen MR) is 161 cm³/mol. The SMILES string of the molecule is CC[C@H](C)NC(=O)[C@@H](Cc1ccccc1)N(Cc1ccc(C)cc1)C(=O)CCCN(c1ccc(F)c(F)c1)S(C)(=O)=O. The van der Waals surface area contributed by atoms with E-state index in [1.807, 2.05) is 75.4 Å². The van der Waals surface area contributed by atoms with Crippen LogP contribution < -0.4 is 9.62 Å². The highest BCUT2D eigenvalue weighted by atomic mass is 32.2. The molecule has 0 aliphatic heterocycles. The van der Waals surface area contributed by atoms with Gasteiger partial charge in [0.15, 0.2) is 11.6 Å². The summed E-state index contributed by atoms with van der Waals surface area (Å²) >= 11 is 0. The van der Waals surface area contributed by atoms with E-state index in [0.29, 0.717) is 6.42 Å². The summed E-state index contributed by atoms with van der Waals surface area (Å²) in [4.78, 5) is 29.0. The molecular weight excluding hydrogens is 560 g/mol. The Morgan fingerprint density at radius 3 is 2.19 bits per heavy atom. The Kier molecular flexibility index (Phi) is 11.6. The fourth-order valence-electron chi connectivity index (χ4n) is 4.53. The molecule has 42 heavy (non-hydrogen) atoms. The monoisotopic (exact) mass is 599 g/mol. The smallest absolute Gasteiger partial charge is 0.243 e. The van der Waals surface area contributed by atoms with Crippen molar-refractivity contribution in [3.63, 3.8) is 0 Å². The first-order valence-electron chi connectivity index (χ1n) is 14.0. The number of rotatable bonds is 14. The topological polar surface area (TPSA) is 86.8 Å². The number of amides is 2. The Morgan fingerprint density at radius 2 is 1.60 bits per heavy atom. The van der Waals surface area contributed by atoms with E-state index in [9.17, 15) is 26.8 Å². The molecule has 0 unspecified atom stereocenters. The summed E-state index contributed by atoms with van der Waals surface area (Å²) in [5.41, 5.74) is 2.77. The zero-order chi connectivity index (χ0) is 30.9. The lowest BCUT2D eigenvalue weighted by atomic mass is 10.0. The van der Waals surface area contributed by atoms with Crippen molar-refractivity contribution < 1.29 is 26.8 Å². The Bertz CT molecular complexity index is 1450. The second-order valence-electron chi connectivity index (χ2n) is 10.6. The van der Waals surface area contributed by atoms with Gasteiger partial charge < -0.3 is 10.2 Å². The van der Waals surface area contributed by atoms with Crippen LogP contribution in [0, 0.1) is 18.6 Å². The molecule has 0 bridgehead atoms. The Morgan fingerprint density at radius 1 is 0.929 bits per heavy atom. The molecule has 3 aromatic rings. The van der Waals surface area contributed by atoms with E-state index in [1.54, 1.807) is 4.90 Å². The second-order valence-corrected chi connectivity index (χ2v) is 12.5. The lowest BCUT2D eigenvalue weighted by Crippen LogP contribution is -2.52. The van der Waals surface area contributed by atoms with Gasteiger partial charge in [0.25, 0.3) is 0 Å². The number of hydrogen-bond donors (Lipinski definition) is 1. The maximum atomic E-state index is 13.9. The molecule has 0 fully saturated rings. The molecule has 7 nitrogen and oxygen atoms in total. The number of carbonyl (C=O) groups is 2. The minimum Gasteiger partial charge on any atom is -0.352 e. The maximum Gasteiger partial charge on any atom is 0.243 e. The van der Waals surface area contributed by atoms with Crippen LogP contribution in [0.3, 0.4) is 0 Å². The number of aryl methyl sites for hydroxylation is 1. The summed E-state index contributed by atoms with van der Waals surface area (Å²) in [6, 6.07) is 19.1. The van der Waals surface area contributed by atoms with Crippen LogP contribution in [0.5, 0.6) is 0 Å². The number of anilines is 1. The third-order valence-electron chi connectivity index (χ3n) is 7.09. The van der Waals surface area contributed by atoms with E-state index in [1.165, 1.54) is 6.07 Å².